The van der Waals surface area contributed by atoms with Crippen LogP contribution in [0.15, 0.2) is 59.4 Å². The zero-order valence-electron chi connectivity index (χ0n) is 13.0. The van der Waals surface area contributed by atoms with E-state index in [1.807, 2.05) is 47.8 Å². The molecule has 0 aliphatic carbocycles. The number of amides is 1. The minimum Gasteiger partial charge on any atom is -0.352 e. The number of nitrogens with one attached hydrogen (secondary N) is 1. The molecule has 122 valence electrons. The number of thiophene rings is 1. The summed E-state index contributed by atoms with van der Waals surface area (Å²) < 4.78 is 0. The second kappa shape index (κ2) is 8.08. The highest BCUT2D eigenvalue weighted by Gasteiger charge is 2.08. The molecule has 0 atom stereocenters. The number of nitrogens with zero attached hydrogens (tertiary/aromatic N) is 1. The molecule has 0 saturated heterocycles. The first-order chi connectivity index (χ1) is 11.7. The van der Waals surface area contributed by atoms with Crippen molar-refractivity contribution >= 4 is 28.8 Å². The van der Waals surface area contributed by atoms with Gasteiger partial charge in [0.25, 0.3) is 0 Å². The van der Waals surface area contributed by atoms with Gasteiger partial charge in [0, 0.05) is 35.1 Å². The number of carbonyl (C=O) groups is 1. The molecule has 24 heavy (non-hydrogen) atoms. The normalized spacial score (nSPS) is 10.5. The van der Waals surface area contributed by atoms with Gasteiger partial charge in [-0.05, 0) is 47.2 Å². The summed E-state index contributed by atoms with van der Waals surface area (Å²) in [6.07, 6.45) is 2.89. The third-order valence-electron chi connectivity index (χ3n) is 3.69. The molecule has 2 heterocycles. The first-order valence-electron chi connectivity index (χ1n) is 7.70. The van der Waals surface area contributed by atoms with Crippen LogP contribution < -0.4 is 5.32 Å². The molecule has 0 unspecified atom stereocenters. The van der Waals surface area contributed by atoms with Crippen molar-refractivity contribution in [3.8, 4) is 11.3 Å². The van der Waals surface area contributed by atoms with Gasteiger partial charge in [-0.15, -0.1) is 0 Å². The van der Waals surface area contributed by atoms with Crippen molar-refractivity contribution in [1.82, 2.24) is 10.3 Å². The molecule has 3 aromatic rings. The number of hydrogen-bond acceptors (Lipinski definition) is 3. The summed E-state index contributed by atoms with van der Waals surface area (Å²) in [5, 5.41) is 7.76. The van der Waals surface area contributed by atoms with Crippen LogP contribution in [0.2, 0.25) is 5.02 Å². The highest BCUT2D eigenvalue weighted by Crippen LogP contribution is 2.23. The number of hydrogen-bond donors (Lipinski definition) is 1. The molecule has 3 rings (SSSR count). The van der Waals surface area contributed by atoms with Crippen molar-refractivity contribution in [3.05, 3.63) is 75.6 Å². The van der Waals surface area contributed by atoms with Gasteiger partial charge in [-0.1, -0.05) is 29.8 Å². The molecule has 5 heteroatoms. The van der Waals surface area contributed by atoms with Crippen LogP contribution in [0.3, 0.4) is 0 Å². The number of aryl methyl sites for hydroxylation is 1. The Labute approximate surface area is 150 Å². The molecular formula is C19H17ClN2OS. The van der Waals surface area contributed by atoms with Crippen molar-refractivity contribution < 1.29 is 4.79 Å². The molecule has 2 aromatic heterocycles. The van der Waals surface area contributed by atoms with Gasteiger partial charge >= 0.3 is 0 Å². The van der Waals surface area contributed by atoms with Crippen LogP contribution in [-0.4, -0.2) is 10.9 Å². The summed E-state index contributed by atoms with van der Waals surface area (Å²) in [7, 11) is 0. The molecule has 0 fully saturated rings. The van der Waals surface area contributed by atoms with E-state index in [1.54, 1.807) is 17.5 Å². The van der Waals surface area contributed by atoms with E-state index >= 15 is 0 Å². The Balaban J connectivity index is 1.57. The number of rotatable bonds is 6. The fraction of sp³-hybridized carbons (Fsp3) is 0.158. The molecule has 0 saturated carbocycles. The summed E-state index contributed by atoms with van der Waals surface area (Å²) in [5.74, 6) is 0.0232. The van der Waals surface area contributed by atoms with E-state index in [1.165, 1.54) is 0 Å². The van der Waals surface area contributed by atoms with Crippen molar-refractivity contribution in [3.63, 3.8) is 0 Å². The van der Waals surface area contributed by atoms with Gasteiger partial charge in [-0.3, -0.25) is 9.78 Å². The quantitative estimate of drug-likeness (QED) is 0.694. The van der Waals surface area contributed by atoms with E-state index < -0.39 is 0 Å². The monoisotopic (exact) mass is 356 g/mol. The van der Waals surface area contributed by atoms with Gasteiger partial charge < -0.3 is 5.32 Å². The van der Waals surface area contributed by atoms with Gasteiger partial charge in [0.1, 0.15) is 0 Å². The molecule has 0 aliphatic heterocycles. The predicted octanol–water partition coefficient (Wildman–Crippen LogP) is 4.71. The van der Waals surface area contributed by atoms with Gasteiger partial charge in [-0.2, -0.15) is 11.3 Å². The molecule has 1 N–H and O–H groups in total. The number of benzene rings is 1. The average molecular weight is 357 g/mol. The third-order valence-corrected chi connectivity index (χ3v) is 4.61. The molecule has 0 spiro atoms. The molecule has 1 amide bonds. The standard InChI is InChI=1S/C19H17ClN2OS/c20-17-5-1-3-14(11-17)6-7-18(23)22-12-15-4-2-9-21-19(15)16-8-10-24-13-16/h1-5,8-11,13H,6-7,12H2,(H,22,23). The second-order valence-electron chi connectivity index (χ2n) is 5.43. The summed E-state index contributed by atoms with van der Waals surface area (Å²) >= 11 is 7.60. The topological polar surface area (TPSA) is 42.0 Å². The lowest BCUT2D eigenvalue weighted by molar-refractivity contribution is -0.121. The zero-order chi connectivity index (χ0) is 16.8. The van der Waals surface area contributed by atoms with Crippen molar-refractivity contribution in [2.45, 2.75) is 19.4 Å². The summed E-state index contributed by atoms with van der Waals surface area (Å²) in [4.78, 5) is 16.6. The maximum Gasteiger partial charge on any atom is 0.220 e. The van der Waals surface area contributed by atoms with E-state index in [4.69, 9.17) is 11.6 Å². The molecule has 1 aromatic carbocycles. The first kappa shape index (κ1) is 16.7. The lowest BCUT2D eigenvalue weighted by atomic mass is 10.1. The Morgan fingerprint density at radius 1 is 1.21 bits per heavy atom. The zero-order valence-corrected chi connectivity index (χ0v) is 14.6. The fourth-order valence-corrected chi connectivity index (χ4v) is 3.33. The SMILES string of the molecule is O=C(CCc1cccc(Cl)c1)NCc1cccnc1-c1ccsc1. The molecule has 3 nitrogen and oxygen atoms in total. The van der Waals surface area contributed by atoms with Crippen LogP contribution in [0, 0.1) is 0 Å². The minimum absolute atomic E-state index is 0.0232. The molecule has 0 bridgehead atoms. The van der Waals surface area contributed by atoms with Crippen molar-refractivity contribution in [1.29, 1.82) is 0 Å². The lowest BCUT2D eigenvalue weighted by Gasteiger charge is -2.09. The Morgan fingerprint density at radius 3 is 2.92 bits per heavy atom. The molecular weight excluding hydrogens is 340 g/mol. The van der Waals surface area contributed by atoms with E-state index in [0.717, 1.165) is 22.4 Å². The number of halogens is 1. The van der Waals surface area contributed by atoms with Crippen LogP contribution in [0.5, 0.6) is 0 Å². The highest BCUT2D eigenvalue weighted by molar-refractivity contribution is 7.08. The lowest BCUT2D eigenvalue weighted by Crippen LogP contribution is -2.23. The Morgan fingerprint density at radius 2 is 2.12 bits per heavy atom. The van der Waals surface area contributed by atoms with E-state index in [9.17, 15) is 4.79 Å². The van der Waals surface area contributed by atoms with Crippen LogP contribution in [0.4, 0.5) is 0 Å². The minimum atomic E-state index is 0.0232. The van der Waals surface area contributed by atoms with Gasteiger partial charge in [0.15, 0.2) is 0 Å². The first-order valence-corrected chi connectivity index (χ1v) is 9.02. The fourth-order valence-electron chi connectivity index (χ4n) is 2.47. The van der Waals surface area contributed by atoms with Crippen LogP contribution in [0.1, 0.15) is 17.5 Å². The molecule has 0 radical (unpaired) electrons. The van der Waals surface area contributed by atoms with Gasteiger partial charge in [0.05, 0.1) is 5.69 Å². The Hall–Kier alpha value is -2.17. The molecule has 0 aliphatic rings. The smallest absolute Gasteiger partial charge is 0.220 e. The van der Waals surface area contributed by atoms with Gasteiger partial charge in [0.2, 0.25) is 5.91 Å². The highest BCUT2D eigenvalue weighted by atomic mass is 35.5. The third kappa shape index (κ3) is 4.43. The van der Waals surface area contributed by atoms with Crippen molar-refractivity contribution in [2.24, 2.45) is 0 Å². The average Bonchev–Trinajstić information content (AvgIpc) is 3.13. The van der Waals surface area contributed by atoms with Crippen LogP contribution in [-0.2, 0) is 17.8 Å². The Bertz CT molecular complexity index is 818. The van der Waals surface area contributed by atoms with Gasteiger partial charge in [-0.25, -0.2) is 0 Å². The van der Waals surface area contributed by atoms with Crippen LogP contribution in [0.25, 0.3) is 11.3 Å². The number of aromatic nitrogens is 1. The number of carbonyl (C=O) groups excluding carboxylic acids is 1. The predicted molar refractivity (Wildman–Crippen MR) is 99.2 cm³/mol. The maximum absolute atomic E-state index is 12.1. The summed E-state index contributed by atoms with van der Waals surface area (Å²) in [6, 6.07) is 13.5. The summed E-state index contributed by atoms with van der Waals surface area (Å²) in [5.41, 5.74) is 4.10. The number of pyridine rings is 1. The largest absolute Gasteiger partial charge is 0.352 e. The second-order valence-corrected chi connectivity index (χ2v) is 6.65. The van der Waals surface area contributed by atoms with Crippen LogP contribution >= 0.6 is 22.9 Å². The van der Waals surface area contributed by atoms with E-state index in [2.05, 4.69) is 15.7 Å². The Kier molecular flexibility index (Phi) is 5.62. The van der Waals surface area contributed by atoms with E-state index in [0.29, 0.717) is 24.4 Å². The summed E-state index contributed by atoms with van der Waals surface area (Å²) in [6.45, 7) is 0.480. The van der Waals surface area contributed by atoms with E-state index in [-0.39, 0.29) is 5.91 Å². The maximum atomic E-state index is 12.1. The van der Waals surface area contributed by atoms with Crippen molar-refractivity contribution in [2.75, 3.05) is 0 Å².